The molecule has 0 spiro atoms. The fourth-order valence-corrected chi connectivity index (χ4v) is 2.73. The van der Waals surface area contributed by atoms with E-state index in [-0.39, 0.29) is 4.90 Å². The summed E-state index contributed by atoms with van der Waals surface area (Å²) in [5, 5.41) is 2.86. The van der Waals surface area contributed by atoms with E-state index in [0.717, 1.165) is 18.2 Å². The Balaban J connectivity index is 2.36. The standard InChI is InChI=1S/C13H13F2N3O2S/c1-2-16-12-8-9(6-7-17-12)21(19,20)18-13-10(14)4-3-5-11(13)15/h3-8,18H,2H2,1H3,(H,16,17). The van der Waals surface area contributed by atoms with Gasteiger partial charge in [0.1, 0.15) is 23.1 Å². The summed E-state index contributed by atoms with van der Waals surface area (Å²) in [7, 11) is -4.11. The van der Waals surface area contributed by atoms with Gasteiger partial charge in [-0.25, -0.2) is 22.2 Å². The number of anilines is 2. The average molecular weight is 313 g/mol. The first-order valence-electron chi connectivity index (χ1n) is 6.11. The van der Waals surface area contributed by atoms with Crippen LogP contribution in [0, 0.1) is 11.6 Å². The molecule has 0 saturated heterocycles. The molecule has 21 heavy (non-hydrogen) atoms. The third-order valence-corrected chi connectivity index (χ3v) is 3.95. The molecule has 2 N–H and O–H groups in total. The lowest BCUT2D eigenvalue weighted by Crippen LogP contribution is -2.15. The van der Waals surface area contributed by atoms with Gasteiger partial charge < -0.3 is 5.32 Å². The highest BCUT2D eigenvalue weighted by atomic mass is 32.2. The number of halogens is 2. The first-order valence-corrected chi connectivity index (χ1v) is 7.59. The van der Waals surface area contributed by atoms with Crippen LogP contribution in [0.3, 0.4) is 0 Å². The maximum absolute atomic E-state index is 13.5. The second kappa shape index (κ2) is 6.04. The highest BCUT2D eigenvalue weighted by molar-refractivity contribution is 7.92. The van der Waals surface area contributed by atoms with Crippen molar-refractivity contribution < 1.29 is 17.2 Å². The molecule has 0 aliphatic heterocycles. The largest absolute Gasteiger partial charge is 0.370 e. The highest BCUT2D eigenvalue weighted by Crippen LogP contribution is 2.22. The van der Waals surface area contributed by atoms with Crippen LogP contribution < -0.4 is 10.0 Å². The molecule has 0 aliphatic carbocycles. The van der Waals surface area contributed by atoms with Crippen LogP contribution in [0.15, 0.2) is 41.4 Å². The smallest absolute Gasteiger partial charge is 0.262 e. The Bertz CT molecular complexity index is 731. The van der Waals surface area contributed by atoms with Crippen LogP contribution in [-0.2, 0) is 10.0 Å². The molecule has 0 fully saturated rings. The predicted molar refractivity (Wildman–Crippen MR) is 75.6 cm³/mol. The third-order valence-electron chi connectivity index (χ3n) is 2.60. The van der Waals surface area contributed by atoms with Crippen molar-refractivity contribution in [1.29, 1.82) is 0 Å². The van der Waals surface area contributed by atoms with E-state index in [4.69, 9.17) is 0 Å². The monoisotopic (exact) mass is 313 g/mol. The van der Waals surface area contributed by atoms with Crippen molar-refractivity contribution in [1.82, 2.24) is 4.98 Å². The number of nitrogens with zero attached hydrogens (tertiary/aromatic N) is 1. The molecule has 0 bridgehead atoms. The quantitative estimate of drug-likeness (QED) is 0.890. The molecular formula is C13H13F2N3O2S. The molecule has 2 aromatic rings. The Labute approximate surface area is 121 Å². The van der Waals surface area contributed by atoms with Crippen LogP contribution in [0.25, 0.3) is 0 Å². The number of aromatic nitrogens is 1. The first kappa shape index (κ1) is 15.2. The topological polar surface area (TPSA) is 71.1 Å². The number of sulfonamides is 1. The van der Waals surface area contributed by atoms with Gasteiger partial charge in [0.25, 0.3) is 10.0 Å². The molecule has 0 atom stereocenters. The van der Waals surface area contributed by atoms with Gasteiger partial charge in [-0.05, 0) is 25.1 Å². The maximum Gasteiger partial charge on any atom is 0.262 e. The molecule has 0 radical (unpaired) electrons. The van der Waals surface area contributed by atoms with Crippen LogP contribution in [-0.4, -0.2) is 19.9 Å². The normalized spacial score (nSPS) is 11.2. The molecule has 2 rings (SSSR count). The van der Waals surface area contributed by atoms with Crippen molar-refractivity contribution >= 4 is 21.5 Å². The predicted octanol–water partition coefficient (Wildman–Crippen LogP) is 2.59. The number of hydrogen-bond acceptors (Lipinski definition) is 4. The summed E-state index contributed by atoms with van der Waals surface area (Å²) >= 11 is 0. The Hall–Kier alpha value is -2.22. The number of pyridine rings is 1. The number of para-hydroxylation sites is 1. The zero-order valence-electron chi connectivity index (χ0n) is 11.1. The fraction of sp³-hybridized carbons (Fsp3) is 0.154. The highest BCUT2D eigenvalue weighted by Gasteiger charge is 2.19. The van der Waals surface area contributed by atoms with Crippen LogP contribution in [0.5, 0.6) is 0 Å². The minimum atomic E-state index is -4.11. The van der Waals surface area contributed by atoms with Crippen molar-refractivity contribution in [3.8, 4) is 0 Å². The van der Waals surface area contributed by atoms with Crippen LogP contribution in [0.4, 0.5) is 20.3 Å². The maximum atomic E-state index is 13.5. The van der Waals surface area contributed by atoms with Crippen LogP contribution in [0.1, 0.15) is 6.92 Å². The SMILES string of the molecule is CCNc1cc(S(=O)(=O)Nc2c(F)cccc2F)ccn1. The molecule has 1 aromatic heterocycles. The summed E-state index contributed by atoms with van der Waals surface area (Å²) in [6.07, 6.45) is 1.30. The number of rotatable bonds is 5. The van der Waals surface area contributed by atoms with Gasteiger partial charge in [-0.15, -0.1) is 0 Å². The summed E-state index contributed by atoms with van der Waals surface area (Å²) in [6.45, 7) is 2.39. The number of hydrogen-bond donors (Lipinski definition) is 2. The van der Waals surface area contributed by atoms with Gasteiger partial charge >= 0.3 is 0 Å². The molecule has 8 heteroatoms. The van der Waals surface area contributed by atoms with Crippen LogP contribution in [0.2, 0.25) is 0 Å². The fourth-order valence-electron chi connectivity index (χ4n) is 1.64. The van der Waals surface area contributed by atoms with Gasteiger partial charge in [-0.1, -0.05) is 6.07 Å². The zero-order valence-corrected chi connectivity index (χ0v) is 11.9. The van der Waals surface area contributed by atoms with Gasteiger partial charge in [0.05, 0.1) is 4.90 Å². The summed E-state index contributed by atoms with van der Waals surface area (Å²) in [6, 6.07) is 5.61. The van der Waals surface area contributed by atoms with E-state index in [1.165, 1.54) is 18.3 Å². The summed E-state index contributed by atoms with van der Waals surface area (Å²) < 4.78 is 53.2. The lowest BCUT2D eigenvalue weighted by Gasteiger charge is -2.10. The Morgan fingerprint density at radius 2 is 1.86 bits per heavy atom. The van der Waals surface area contributed by atoms with Gasteiger partial charge in [-0.2, -0.15) is 0 Å². The van der Waals surface area contributed by atoms with Crippen LogP contribution >= 0.6 is 0 Å². The Morgan fingerprint density at radius 3 is 2.48 bits per heavy atom. The number of nitrogens with one attached hydrogen (secondary N) is 2. The second-order valence-corrected chi connectivity index (χ2v) is 5.79. The minimum absolute atomic E-state index is 0.142. The minimum Gasteiger partial charge on any atom is -0.370 e. The average Bonchev–Trinajstić information content (AvgIpc) is 2.44. The zero-order chi connectivity index (χ0) is 15.5. The van der Waals surface area contributed by atoms with Crippen molar-refractivity contribution in [3.63, 3.8) is 0 Å². The van der Waals surface area contributed by atoms with Crippen molar-refractivity contribution in [2.45, 2.75) is 11.8 Å². The van der Waals surface area contributed by atoms with Gasteiger partial charge in [0.2, 0.25) is 0 Å². The molecule has 5 nitrogen and oxygen atoms in total. The molecule has 112 valence electrons. The molecule has 0 amide bonds. The summed E-state index contributed by atoms with van der Waals surface area (Å²) in [5.74, 6) is -1.62. The molecule has 1 heterocycles. The Kier molecular flexibility index (Phi) is 4.37. The van der Waals surface area contributed by atoms with Crippen molar-refractivity contribution in [2.24, 2.45) is 0 Å². The summed E-state index contributed by atoms with van der Waals surface area (Å²) in [4.78, 5) is 3.79. The van der Waals surface area contributed by atoms with E-state index >= 15 is 0 Å². The number of benzene rings is 1. The van der Waals surface area contributed by atoms with E-state index in [1.54, 1.807) is 0 Å². The van der Waals surface area contributed by atoms with E-state index < -0.39 is 27.3 Å². The molecular weight excluding hydrogens is 300 g/mol. The molecule has 0 saturated carbocycles. The molecule has 0 unspecified atom stereocenters. The van der Waals surface area contributed by atoms with E-state index in [1.807, 2.05) is 11.6 Å². The molecule has 1 aromatic carbocycles. The molecule has 0 aliphatic rings. The first-order chi connectivity index (χ1) is 9.94. The second-order valence-electron chi connectivity index (χ2n) is 4.11. The summed E-state index contributed by atoms with van der Waals surface area (Å²) in [5.41, 5.74) is -0.709. The third kappa shape index (κ3) is 3.46. The van der Waals surface area contributed by atoms with Gasteiger partial charge in [-0.3, -0.25) is 4.72 Å². The van der Waals surface area contributed by atoms with E-state index in [9.17, 15) is 17.2 Å². The van der Waals surface area contributed by atoms with E-state index in [0.29, 0.717) is 12.4 Å². The lowest BCUT2D eigenvalue weighted by atomic mass is 10.3. The van der Waals surface area contributed by atoms with Crippen molar-refractivity contribution in [3.05, 3.63) is 48.2 Å². The lowest BCUT2D eigenvalue weighted by molar-refractivity contribution is 0.583. The van der Waals surface area contributed by atoms with Crippen molar-refractivity contribution in [2.75, 3.05) is 16.6 Å². The van der Waals surface area contributed by atoms with Gasteiger partial charge in [0.15, 0.2) is 0 Å². The van der Waals surface area contributed by atoms with E-state index in [2.05, 4.69) is 10.3 Å². The Morgan fingerprint density at radius 1 is 1.19 bits per heavy atom. The van der Waals surface area contributed by atoms with Gasteiger partial charge in [0, 0.05) is 18.8 Å².